The van der Waals surface area contributed by atoms with E-state index in [2.05, 4.69) is 15.3 Å². The highest BCUT2D eigenvalue weighted by atomic mass is 32.1. The van der Waals surface area contributed by atoms with Crippen molar-refractivity contribution in [2.75, 3.05) is 6.54 Å². The minimum Gasteiger partial charge on any atom is -0.391 e. The first-order chi connectivity index (χ1) is 11.2. The van der Waals surface area contributed by atoms with Crippen molar-refractivity contribution in [1.29, 1.82) is 0 Å². The number of aromatic amines is 1. The van der Waals surface area contributed by atoms with Gasteiger partial charge in [-0.15, -0.1) is 11.3 Å². The van der Waals surface area contributed by atoms with E-state index in [9.17, 15) is 9.90 Å². The van der Waals surface area contributed by atoms with Gasteiger partial charge in [0, 0.05) is 51.9 Å². The molecule has 23 heavy (non-hydrogen) atoms. The molecule has 1 aliphatic rings. The van der Waals surface area contributed by atoms with Gasteiger partial charge in [0.2, 0.25) is 0 Å². The highest BCUT2D eigenvalue weighted by Gasteiger charge is 2.20. The van der Waals surface area contributed by atoms with Crippen LogP contribution in [-0.4, -0.2) is 27.5 Å². The maximum Gasteiger partial charge on any atom is 0.253 e. The van der Waals surface area contributed by atoms with Crippen LogP contribution in [0.25, 0.3) is 22.5 Å². The van der Waals surface area contributed by atoms with Crippen molar-refractivity contribution in [3.63, 3.8) is 0 Å². The van der Waals surface area contributed by atoms with Gasteiger partial charge in [-0.1, -0.05) is 0 Å². The molecule has 0 unspecified atom stereocenters. The molecule has 0 atom stereocenters. The van der Waals surface area contributed by atoms with Gasteiger partial charge in [-0.25, -0.2) is 0 Å². The molecule has 0 bridgehead atoms. The Morgan fingerprint density at radius 3 is 2.96 bits per heavy atom. The van der Waals surface area contributed by atoms with Gasteiger partial charge in [0.25, 0.3) is 5.91 Å². The second-order valence-corrected chi connectivity index (χ2v) is 6.47. The van der Waals surface area contributed by atoms with Crippen LogP contribution in [0.15, 0.2) is 35.8 Å². The minimum absolute atomic E-state index is 0.0200. The zero-order valence-electron chi connectivity index (χ0n) is 12.3. The van der Waals surface area contributed by atoms with Gasteiger partial charge in [-0.2, -0.15) is 0 Å². The quantitative estimate of drug-likeness (QED) is 0.692. The van der Waals surface area contributed by atoms with Crippen molar-refractivity contribution in [3.8, 4) is 22.5 Å². The summed E-state index contributed by atoms with van der Waals surface area (Å²) in [5, 5.41) is 14.0. The summed E-state index contributed by atoms with van der Waals surface area (Å²) in [6, 6.07) is 7.77. The summed E-state index contributed by atoms with van der Waals surface area (Å²) >= 11 is 1.52. The summed E-state index contributed by atoms with van der Waals surface area (Å²) < 4.78 is 0. The summed E-state index contributed by atoms with van der Waals surface area (Å²) in [5.41, 5.74) is 5.48. The number of aliphatic hydroxyl groups is 1. The molecule has 0 saturated heterocycles. The molecule has 3 aromatic rings. The fraction of sp³-hybridized carbons (Fsp3) is 0.176. The van der Waals surface area contributed by atoms with Crippen LogP contribution >= 0.6 is 11.3 Å². The number of carbonyl (C=O) groups excluding carboxylic acids is 1. The van der Waals surface area contributed by atoms with Crippen LogP contribution in [0.5, 0.6) is 0 Å². The fourth-order valence-electron chi connectivity index (χ4n) is 2.80. The highest BCUT2D eigenvalue weighted by Crippen LogP contribution is 2.29. The van der Waals surface area contributed by atoms with E-state index in [0.29, 0.717) is 6.54 Å². The molecule has 1 aliphatic heterocycles. The standard InChI is InChI=1S/C17H15N3O2S/c21-8-12-5-11(9-23-12)15-6-10(1-3-18-15)16-7-13-14(20-16)2-4-19-17(13)22/h1,3,5-7,9,20-21H,2,4,8H2,(H,19,22). The summed E-state index contributed by atoms with van der Waals surface area (Å²) in [7, 11) is 0. The second kappa shape index (κ2) is 5.64. The Kier molecular flexibility index (Phi) is 3.48. The van der Waals surface area contributed by atoms with Crippen LogP contribution in [0, 0.1) is 0 Å². The third-order valence-corrected chi connectivity index (χ3v) is 4.90. The Labute approximate surface area is 137 Å². The molecule has 116 valence electrons. The average Bonchev–Trinajstić information content (AvgIpc) is 3.22. The normalized spacial score (nSPS) is 13.7. The number of aliphatic hydroxyl groups excluding tert-OH is 1. The number of nitrogens with zero attached hydrogens (tertiary/aromatic N) is 1. The Bertz CT molecular complexity index is 882. The number of fused-ring (bicyclic) bond motifs is 1. The van der Waals surface area contributed by atoms with Crippen molar-refractivity contribution in [2.45, 2.75) is 13.0 Å². The number of rotatable bonds is 3. The van der Waals surface area contributed by atoms with Crippen LogP contribution < -0.4 is 5.32 Å². The third-order valence-electron chi connectivity index (χ3n) is 3.98. The molecule has 0 saturated carbocycles. The first-order valence-corrected chi connectivity index (χ1v) is 8.28. The van der Waals surface area contributed by atoms with Crippen LogP contribution in [0.1, 0.15) is 20.9 Å². The summed E-state index contributed by atoms with van der Waals surface area (Å²) in [6.45, 7) is 0.717. The maximum absolute atomic E-state index is 11.9. The Hall–Kier alpha value is -2.44. The molecular formula is C17H15N3O2S. The van der Waals surface area contributed by atoms with Gasteiger partial charge in [0.15, 0.2) is 0 Å². The molecule has 6 heteroatoms. The average molecular weight is 325 g/mol. The number of carbonyl (C=O) groups is 1. The fourth-order valence-corrected chi connectivity index (χ4v) is 3.54. The van der Waals surface area contributed by atoms with Crippen LogP contribution in [0.2, 0.25) is 0 Å². The van der Waals surface area contributed by atoms with E-state index in [1.807, 2.05) is 29.6 Å². The van der Waals surface area contributed by atoms with E-state index in [1.54, 1.807) is 6.20 Å². The third kappa shape index (κ3) is 2.56. The van der Waals surface area contributed by atoms with Gasteiger partial charge in [-0.05, 0) is 24.3 Å². The van der Waals surface area contributed by atoms with Crippen LogP contribution in [0.4, 0.5) is 0 Å². The monoisotopic (exact) mass is 325 g/mol. The van der Waals surface area contributed by atoms with E-state index in [-0.39, 0.29) is 12.5 Å². The van der Waals surface area contributed by atoms with Crippen molar-refractivity contribution >= 4 is 17.2 Å². The predicted octanol–water partition coefficient (Wildman–Crippen LogP) is 2.58. The predicted molar refractivity (Wildman–Crippen MR) is 89.3 cm³/mol. The SMILES string of the molecule is O=C1NCCc2[nH]c(-c3ccnc(-c4csc(CO)c4)c3)cc21. The zero-order chi connectivity index (χ0) is 15.8. The molecule has 0 spiro atoms. The van der Waals surface area contributed by atoms with Crippen molar-refractivity contribution in [2.24, 2.45) is 0 Å². The lowest BCUT2D eigenvalue weighted by Gasteiger charge is -2.10. The lowest BCUT2D eigenvalue weighted by Crippen LogP contribution is -2.31. The number of thiophene rings is 1. The molecule has 0 radical (unpaired) electrons. The summed E-state index contributed by atoms with van der Waals surface area (Å²) in [5.74, 6) is -0.0200. The van der Waals surface area contributed by atoms with E-state index < -0.39 is 0 Å². The lowest BCUT2D eigenvalue weighted by atomic mass is 10.1. The van der Waals surface area contributed by atoms with Gasteiger partial charge in [0.05, 0.1) is 17.9 Å². The number of amides is 1. The molecule has 4 heterocycles. The molecule has 0 aliphatic carbocycles. The molecule has 1 amide bonds. The lowest BCUT2D eigenvalue weighted by molar-refractivity contribution is 0.0946. The smallest absolute Gasteiger partial charge is 0.253 e. The summed E-state index contributed by atoms with van der Waals surface area (Å²) in [6.07, 6.45) is 2.59. The van der Waals surface area contributed by atoms with E-state index in [0.717, 1.165) is 45.1 Å². The molecule has 0 fully saturated rings. The van der Waals surface area contributed by atoms with E-state index in [4.69, 9.17) is 0 Å². The van der Waals surface area contributed by atoms with Gasteiger partial charge >= 0.3 is 0 Å². The zero-order valence-corrected chi connectivity index (χ0v) is 13.1. The number of H-pyrrole nitrogens is 1. The van der Waals surface area contributed by atoms with Gasteiger partial charge in [0.1, 0.15) is 0 Å². The van der Waals surface area contributed by atoms with Crippen LogP contribution in [-0.2, 0) is 13.0 Å². The first kappa shape index (κ1) is 14.2. The van der Waals surface area contributed by atoms with Crippen LogP contribution in [0.3, 0.4) is 0 Å². The first-order valence-electron chi connectivity index (χ1n) is 7.40. The Balaban J connectivity index is 1.73. The summed E-state index contributed by atoms with van der Waals surface area (Å²) in [4.78, 5) is 20.6. The molecule has 3 N–H and O–H groups in total. The Morgan fingerprint density at radius 1 is 1.26 bits per heavy atom. The molecule has 0 aromatic carbocycles. The molecule has 5 nitrogen and oxygen atoms in total. The number of nitrogens with one attached hydrogen (secondary N) is 2. The van der Waals surface area contributed by atoms with E-state index in [1.165, 1.54) is 11.3 Å². The molecule has 4 rings (SSSR count). The van der Waals surface area contributed by atoms with Crippen molar-refractivity contribution < 1.29 is 9.90 Å². The minimum atomic E-state index is -0.0200. The van der Waals surface area contributed by atoms with Gasteiger partial charge < -0.3 is 15.4 Å². The topological polar surface area (TPSA) is 78.0 Å². The maximum atomic E-state index is 11.9. The largest absolute Gasteiger partial charge is 0.391 e. The van der Waals surface area contributed by atoms with Crippen molar-refractivity contribution in [3.05, 3.63) is 52.0 Å². The number of aromatic nitrogens is 2. The number of hydrogen-bond donors (Lipinski definition) is 3. The number of pyridine rings is 1. The van der Waals surface area contributed by atoms with Crippen molar-refractivity contribution in [1.82, 2.24) is 15.3 Å². The molecular weight excluding hydrogens is 310 g/mol. The Morgan fingerprint density at radius 2 is 2.17 bits per heavy atom. The second-order valence-electron chi connectivity index (χ2n) is 5.47. The van der Waals surface area contributed by atoms with E-state index >= 15 is 0 Å². The number of hydrogen-bond acceptors (Lipinski definition) is 4. The molecule has 3 aromatic heterocycles. The van der Waals surface area contributed by atoms with Gasteiger partial charge in [-0.3, -0.25) is 9.78 Å². The highest BCUT2D eigenvalue weighted by molar-refractivity contribution is 7.10.